The SMILES string of the molecule is O=C(c1cnc2c(ccn2-c2cnccn2)c1)N1CCC(F)CC1. The van der Waals surface area contributed by atoms with E-state index >= 15 is 0 Å². The zero-order valence-electron chi connectivity index (χ0n) is 13.0. The third-order valence-electron chi connectivity index (χ3n) is 4.28. The fraction of sp³-hybridized carbons (Fsp3) is 0.294. The normalized spacial score (nSPS) is 15.8. The fourth-order valence-corrected chi connectivity index (χ4v) is 2.98. The molecule has 1 amide bonds. The van der Waals surface area contributed by atoms with E-state index in [2.05, 4.69) is 15.0 Å². The Bertz CT molecular complexity index is 871. The van der Waals surface area contributed by atoms with Crippen LogP contribution in [0.4, 0.5) is 4.39 Å². The molecule has 7 heteroatoms. The molecule has 0 aromatic carbocycles. The zero-order chi connectivity index (χ0) is 16.5. The van der Waals surface area contributed by atoms with Crippen LogP contribution in [0.5, 0.6) is 0 Å². The summed E-state index contributed by atoms with van der Waals surface area (Å²) in [5.74, 6) is 0.577. The number of hydrogen-bond donors (Lipinski definition) is 0. The van der Waals surface area contributed by atoms with Gasteiger partial charge in [0.1, 0.15) is 11.8 Å². The third kappa shape index (κ3) is 2.62. The van der Waals surface area contributed by atoms with Gasteiger partial charge in [0.2, 0.25) is 0 Å². The molecule has 4 heterocycles. The molecule has 24 heavy (non-hydrogen) atoms. The Hall–Kier alpha value is -2.83. The molecular weight excluding hydrogens is 309 g/mol. The highest BCUT2D eigenvalue weighted by atomic mass is 19.1. The van der Waals surface area contributed by atoms with Crippen molar-refractivity contribution in [2.45, 2.75) is 19.0 Å². The van der Waals surface area contributed by atoms with E-state index in [1.54, 1.807) is 29.7 Å². The van der Waals surface area contributed by atoms with Crippen LogP contribution in [0.2, 0.25) is 0 Å². The van der Waals surface area contributed by atoms with Crippen molar-refractivity contribution in [3.63, 3.8) is 0 Å². The summed E-state index contributed by atoms with van der Waals surface area (Å²) in [5, 5.41) is 0.854. The van der Waals surface area contributed by atoms with E-state index in [9.17, 15) is 9.18 Å². The Morgan fingerprint density at radius 1 is 1.17 bits per heavy atom. The average molecular weight is 325 g/mol. The summed E-state index contributed by atoms with van der Waals surface area (Å²) >= 11 is 0. The number of carbonyl (C=O) groups is 1. The Morgan fingerprint density at radius 3 is 2.75 bits per heavy atom. The molecule has 6 nitrogen and oxygen atoms in total. The van der Waals surface area contributed by atoms with Gasteiger partial charge in [0.05, 0.1) is 11.8 Å². The molecule has 0 N–H and O–H groups in total. The van der Waals surface area contributed by atoms with Crippen molar-refractivity contribution in [1.29, 1.82) is 0 Å². The number of piperidine rings is 1. The molecule has 0 spiro atoms. The molecule has 0 atom stereocenters. The molecule has 1 fully saturated rings. The Kier molecular flexibility index (Phi) is 3.68. The van der Waals surface area contributed by atoms with E-state index in [-0.39, 0.29) is 5.91 Å². The molecule has 1 saturated heterocycles. The van der Waals surface area contributed by atoms with Crippen LogP contribution in [0.1, 0.15) is 23.2 Å². The van der Waals surface area contributed by atoms with Gasteiger partial charge in [-0.1, -0.05) is 0 Å². The summed E-state index contributed by atoms with van der Waals surface area (Å²) in [6, 6.07) is 3.71. The second-order valence-corrected chi connectivity index (χ2v) is 5.85. The first-order chi connectivity index (χ1) is 11.7. The first-order valence-corrected chi connectivity index (χ1v) is 7.89. The number of hydrogen-bond acceptors (Lipinski definition) is 4. The predicted octanol–water partition coefficient (Wildman–Crippen LogP) is 2.39. The van der Waals surface area contributed by atoms with Gasteiger partial charge in [-0.05, 0) is 25.0 Å². The first kappa shape index (κ1) is 14.7. The summed E-state index contributed by atoms with van der Waals surface area (Å²) in [6.45, 7) is 0.914. The lowest BCUT2D eigenvalue weighted by Gasteiger charge is -2.28. The lowest BCUT2D eigenvalue weighted by molar-refractivity contribution is 0.0667. The van der Waals surface area contributed by atoms with Crippen LogP contribution in [0.25, 0.3) is 16.9 Å². The van der Waals surface area contributed by atoms with Gasteiger partial charge in [-0.3, -0.25) is 14.3 Å². The van der Waals surface area contributed by atoms with Gasteiger partial charge in [0.25, 0.3) is 5.91 Å². The fourth-order valence-electron chi connectivity index (χ4n) is 2.98. The number of alkyl halides is 1. The highest BCUT2D eigenvalue weighted by Crippen LogP contribution is 2.20. The Balaban J connectivity index is 1.64. The van der Waals surface area contributed by atoms with Crippen molar-refractivity contribution in [2.24, 2.45) is 0 Å². The number of rotatable bonds is 2. The second kappa shape index (κ2) is 5.99. The molecule has 1 aliphatic heterocycles. The van der Waals surface area contributed by atoms with E-state index in [0.29, 0.717) is 37.3 Å². The first-order valence-electron chi connectivity index (χ1n) is 7.89. The summed E-state index contributed by atoms with van der Waals surface area (Å²) in [6.07, 6.45) is 8.32. The van der Waals surface area contributed by atoms with Gasteiger partial charge in [0, 0.05) is 43.3 Å². The van der Waals surface area contributed by atoms with E-state index in [4.69, 9.17) is 0 Å². The van der Waals surface area contributed by atoms with Crippen LogP contribution in [-0.2, 0) is 0 Å². The van der Waals surface area contributed by atoms with Gasteiger partial charge in [-0.2, -0.15) is 0 Å². The Labute approximate surface area is 138 Å². The lowest BCUT2D eigenvalue weighted by Crippen LogP contribution is -2.39. The van der Waals surface area contributed by atoms with Crippen molar-refractivity contribution in [2.75, 3.05) is 13.1 Å². The maximum Gasteiger partial charge on any atom is 0.255 e. The van der Waals surface area contributed by atoms with Crippen LogP contribution in [0.15, 0.2) is 43.1 Å². The lowest BCUT2D eigenvalue weighted by atomic mass is 10.1. The molecule has 0 aliphatic carbocycles. The number of likely N-dealkylation sites (tertiary alicyclic amines) is 1. The number of aromatic nitrogens is 4. The van der Waals surface area contributed by atoms with Crippen LogP contribution in [0.3, 0.4) is 0 Å². The van der Waals surface area contributed by atoms with Gasteiger partial charge in [0.15, 0.2) is 5.82 Å². The van der Waals surface area contributed by atoms with Crippen LogP contribution >= 0.6 is 0 Å². The topological polar surface area (TPSA) is 63.9 Å². The zero-order valence-corrected chi connectivity index (χ0v) is 13.0. The van der Waals surface area contributed by atoms with Crippen molar-refractivity contribution in [1.82, 2.24) is 24.4 Å². The van der Waals surface area contributed by atoms with Crippen molar-refractivity contribution < 1.29 is 9.18 Å². The molecule has 1 aliphatic rings. The van der Waals surface area contributed by atoms with Gasteiger partial charge >= 0.3 is 0 Å². The number of amides is 1. The van der Waals surface area contributed by atoms with Crippen molar-refractivity contribution in [3.8, 4) is 5.82 Å². The van der Waals surface area contributed by atoms with Crippen molar-refractivity contribution in [3.05, 3.63) is 48.7 Å². The molecular formula is C17H16FN5O. The van der Waals surface area contributed by atoms with Crippen LogP contribution < -0.4 is 0 Å². The monoisotopic (exact) mass is 325 g/mol. The third-order valence-corrected chi connectivity index (χ3v) is 4.28. The molecule has 4 rings (SSSR count). The quantitative estimate of drug-likeness (QED) is 0.726. The van der Waals surface area contributed by atoms with Crippen LogP contribution in [-0.4, -0.2) is 49.6 Å². The van der Waals surface area contributed by atoms with E-state index in [1.807, 2.05) is 22.9 Å². The maximum absolute atomic E-state index is 13.2. The van der Waals surface area contributed by atoms with Crippen molar-refractivity contribution >= 4 is 16.9 Å². The number of pyridine rings is 1. The smallest absolute Gasteiger partial charge is 0.255 e. The van der Waals surface area contributed by atoms with Gasteiger partial charge < -0.3 is 4.90 Å². The molecule has 0 radical (unpaired) electrons. The molecule has 3 aromatic heterocycles. The number of nitrogens with zero attached hydrogens (tertiary/aromatic N) is 5. The molecule has 0 saturated carbocycles. The molecule has 0 bridgehead atoms. The number of carbonyl (C=O) groups excluding carboxylic acids is 1. The summed E-state index contributed by atoms with van der Waals surface area (Å²) in [5.41, 5.74) is 1.24. The minimum Gasteiger partial charge on any atom is -0.338 e. The molecule has 0 unspecified atom stereocenters. The summed E-state index contributed by atoms with van der Waals surface area (Å²) < 4.78 is 15.1. The van der Waals surface area contributed by atoms with E-state index in [1.165, 1.54) is 0 Å². The highest BCUT2D eigenvalue weighted by Gasteiger charge is 2.23. The minimum absolute atomic E-state index is 0.0939. The number of fused-ring (bicyclic) bond motifs is 1. The number of halogens is 1. The van der Waals surface area contributed by atoms with E-state index in [0.717, 1.165) is 11.0 Å². The Morgan fingerprint density at radius 2 is 2.00 bits per heavy atom. The predicted molar refractivity (Wildman–Crippen MR) is 86.7 cm³/mol. The summed E-state index contributed by atoms with van der Waals surface area (Å²) in [7, 11) is 0. The van der Waals surface area contributed by atoms with Crippen LogP contribution in [0, 0.1) is 0 Å². The average Bonchev–Trinajstić information content (AvgIpc) is 3.05. The summed E-state index contributed by atoms with van der Waals surface area (Å²) in [4.78, 5) is 27.0. The second-order valence-electron chi connectivity index (χ2n) is 5.85. The standard InChI is InChI=1S/C17H16FN5O/c18-14-2-6-22(7-3-14)17(24)13-9-12-1-8-23(16(12)21-10-13)15-11-19-4-5-20-15/h1,4-5,8-11,14H,2-3,6-7H2. The van der Waals surface area contributed by atoms with Gasteiger partial charge in [-0.15, -0.1) is 0 Å². The minimum atomic E-state index is -0.796. The maximum atomic E-state index is 13.2. The van der Waals surface area contributed by atoms with Gasteiger partial charge in [-0.25, -0.2) is 14.4 Å². The molecule has 3 aromatic rings. The van der Waals surface area contributed by atoms with E-state index < -0.39 is 6.17 Å². The largest absolute Gasteiger partial charge is 0.338 e. The molecule has 122 valence electrons. The highest BCUT2D eigenvalue weighted by molar-refractivity contribution is 5.97.